The molecule has 0 aliphatic carbocycles. The van der Waals surface area contributed by atoms with Crippen LogP contribution in [0.5, 0.6) is 0 Å². The first-order chi connectivity index (χ1) is 19.1. The zero-order valence-corrected chi connectivity index (χ0v) is 24.2. The number of rotatable bonds is 12. The van der Waals surface area contributed by atoms with Gasteiger partial charge in [0.05, 0.1) is 17.5 Å². The smallest absolute Gasteiger partial charge is 0.277 e. The molecule has 2 aliphatic rings. The van der Waals surface area contributed by atoms with Crippen molar-refractivity contribution in [2.24, 2.45) is 5.41 Å². The Kier molecular flexibility index (Phi) is 9.30. The van der Waals surface area contributed by atoms with Crippen LogP contribution in [0.25, 0.3) is 0 Å². The van der Waals surface area contributed by atoms with Crippen molar-refractivity contribution >= 4 is 27.8 Å². The largest absolute Gasteiger partial charge is 0.490 e. The van der Waals surface area contributed by atoms with Gasteiger partial charge in [-0.15, -0.1) is 0 Å². The zero-order chi connectivity index (χ0) is 28.8. The second kappa shape index (κ2) is 12.7. The van der Waals surface area contributed by atoms with Crippen LogP contribution in [0.1, 0.15) is 57.6 Å². The SMILES string of the molecule is CCCC1=CC=C(C2CC(=O)C=C(S(=O)(=O)Nc3ccccc3CC(C)(C)C=O)N2)C(CCc2ccccc2)O1. The number of sulfonamides is 1. The third-order valence-corrected chi connectivity index (χ3v) is 8.40. The summed E-state index contributed by atoms with van der Waals surface area (Å²) in [5, 5.41) is 2.95. The van der Waals surface area contributed by atoms with Crippen LogP contribution >= 0.6 is 0 Å². The molecular formula is C32H38N2O5S. The van der Waals surface area contributed by atoms with Gasteiger partial charge in [-0.3, -0.25) is 9.52 Å². The first-order valence-corrected chi connectivity index (χ1v) is 15.3. The lowest BCUT2D eigenvalue weighted by Crippen LogP contribution is -2.44. The van der Waals surface area contributed by atoms with E-state index < -0.39 is 21.5 Å². The molecule has 0 spiro atoms. The van der Waals surface area contributed by atoms with Gasteiger partial charge in [0, 0.05) is 24.3 Å². The van der Waals surface area contributed by atoms with Crippen molar-refractivity contribution in [1.82, 2.24) is 5.32 Å². The van der Waals surface area contributed by atoms with E-state index in [1.54, 1.807) is 38.1 Å². The van der Waals surface area contributed by atoms with Crippen LogP contribution < -0.4 is 10.0 Å². The van der Waals surface area contributed by atoms with Gasteiger partial charge in [-0.2, -0.15) is 8.42 Å². The van der Waals surface area contributed by atoms with E-state index in [1.165, 1.54) is 5.56 Å². The molecule has 2 atom stereocenters. The second-order valence-electron chi connectivity index (χ2n) is 11.1. The van der Waals surface area contributed by atoms with E-state index >= 15 is 0 Å². The predicted molar refractivity (Wildman–Crippen MR) is 158 cm³/mol. The minimum absolute atomic E-state index is 0.136. The van der Waals surface area contributed by atoms with Crippen molar-refractivity contribution in [1.29, 1.82) is 0 Å². The van der Waals surface area contributed by atoms with Gasteiger partial charge in [0.25, 0.3) is 10.0 Å². The summed E-state index contributed by atoms with van der Waals surface area (Å²) >= 11 is 0. The summed E-state index contributed by atoms with van der Waals surface area (Å²) < 4.78 is 36.0. The van der Waals surface area contributed by atoms with Gasteiger partial charge in [0.15, 0.2) is 10.8 Å². The molecule has 2 N–H and O–H groups in total. The predicted octanol–water partition coefficient (Wildman–Crippen LogP) is 5.61. The standard InChI is InChI=1S/C32H38N2O5S/c1-4-10-26-16-17-27(30(39-26)18-15-23-11-6-5-7-12-23)29-19-25(36)20-31(33-29)40(37,38)34-28-14-9-8-13-24(28)21-32(2,3)22-35/h5-9,11-14,16-17,20,22,29-30,33-34H,4,10,15,18-19,21H2,1-3H3. The summed E-state index contributed by atoms with van der Waals surface area (Å²) in [5.41, 5.74) is 2.46. The third kappa shape index (κ3) is 7.50. The average Bonchev–Trinajstić information content (AvgIpc) is 2.93. The number of ketones is 1. The Morgan fingerprint density at radius 2 is 1.77 bits per heavy atom. The van der Waals surface area contributed by atoms with E-state index in [0.29, 0.717) is 24.1 Å². The Bertz CT molecular complexity index is 1420. The van der Waals surface area contributed by atoms with Crippen molar-refractivity contribution in [3.05, 3.63) is 100 Å². The van der Waals surface area contributed by atoms with Gasteiger partial charge in [-0.05, 0) is 54.5 Å². The molecule has 8 heteroatoms. The highest BCUT2D eigenvalue weighted by Crippen LogP contribution is 2.31. The maximum absolute atomic E-state index is 13.5. The number of nitrogens with one attached hydrogen (secondary N) is 2. The molecule has 0 saturated heterocycles. The summed E-state index contributed by atoms with van der Waals surface area (Å²) in [4.78, 5) is 24.3. The number of carbonyl (C=O) groups excluding carboxylic acids is 2. The minimum Gasteiger partial charge on any atom is -0.490 e. The highest BCUT2D eigenvalue weighted by atomic mass is 32.2. The maximum atomic E-state index is 13.5. The summed E-state index contributed by atoms with van der Waals surface area (Å²) in [5.74, 6) is 0.622. The fourth-order valence-electron chi connectivity index (χ4n) is 5.02. The molecule has 0 saturated carbocycles. The average molecular weight is 563 g/mol. The molecule has 0 fully saturated rings. The van der Waals surface area contributed by atoms with E-state index in [9.17, 15) is 18.0 Å². The van der Waals surface area contributed by atoms with Gasteiger partial charge >= 0.3 is 0 Å². The summed E-state index contributed by atoms with van der Waals surface area (Å²) in [6, 6.07) is 16.6. The number of aldehydes is 1. The molecule has 2 aromatic carbocycles. The Morgan fingerprint density at radius 1 is 1.05 bits per heavy atom. The van der Waals surface area contributed by atoms with Crippen molar-refractivity contribution in [3.8, 4) is 0 Å². The molecule has 0 amide bonds. The van der Waals surface area contributed by atoms with Crippen LogP contribution in [0.3, 0.4) is 0 Å². The number of allylic oxidation sites excluding steroid dienone is 4. The fourth-order valence-corrected chi connectivity index (χ4v) is 6.20. The number of carbonyl (C=O) groups is 2. The van der Waals surface area contributed by atoms with E-state index in [2.05, 4.69) is 29.1 Å². The van der Waals surface area contributed by atoms with Crippen molar-refractivity contribution in [3.63, 3.8) is 0 Å². The van der Waals surface area contributed by atoms with Gasteiger partial charge in [0.1, 0.15) is 12.4 Å². The monoisotopic (exact) mass is 562 g/mol. The number of ether oxygens (including phenoxy) is 1. The van der Waals surface area contributed by atoms with Crippen molar-refractivity contribution < 1.29 is 22.7 Å². The highest BCUT2D eigenvalue weighted by molar-refractivity contribution is 7.96. The number of hydrogen-bond donors (Lipinski definition) is 2. The zero-order valence-electron chi connectivity index (χ0n) is 23.4. The normalized spacial score (nSPS) is 19.5. The van der Waals surface area contributed by atoms with Crippen LogP contribution in [-0.2, 0) is 37.2 Å². The Labute approximate surface area is 237 Å². The first kappa shape index (κ1) is 29.3. The lowest BCUT2D eigenvalue weighted by atomic mass is 9.87. The van der Waals surface area contributed by atoms with Crippen LogP contribution in [0.15, 0.2) is 89.2 Å². The number of aryl methyl sites for hydroxylation is 1. The van der Waals surface area contributed by atoms with Crippen LogP contribution in [0, 0.1) is 5.41 Å². The van der Waals surface area contributed by atoms with Gasteiger partial charge in [-0.25, -0.2) is 0 Å². The molecule has 0 radical (unpaired) electrons. The maximum Gasteiger partial charge on any atom is 0.277 e. The van der Waals surface area contributed by atoms with E-state index in [0.717, 1.165) is 43.0 Å². The molecule has 0 aromatic heterocycles. The number of para-hydroxylation sites is 1. The van der Waals surface area contributed by atoms with Gasteiger partial charge in [0.2, 0.25) is 0 Å². The molecule has 0 bridgehead atoms. The summed E-state index contributed by atoms with van der Waals surface area (Å²) in [6.07, 6.45) is 9.40. The lowest BCUT2D eigenvalue weighted by molar-refractivity contribution is -0.115. The van der Waals surface area contributed by atoms with E-state index in [4.69, 9.17) is 4.74 Å². The number of benzene rings is 2. The molecule has 212 valence electrons. The van der Waals surface area contributed by atoms with Crippen LogP contribution in [0.2, 0.25) is 0 Å². The Hall–Kier alpha value is -3.65. The van der Waals surface area contributed by atoms with E-state index in [-0.39, 0.29) is 23.3 Å². The highest BCUT2D eigenvalue weighted by Gasteiger charge is 2.34. The molecule has 40 heavy (non-hydrogen) atoms. The quantitative estimate of drug-likeness (QED) is 0.326. The second-order valence-corrected chi connectivity index (χ2v) is 12.8. The molecule has 2 unspecified atom stereocenters. The molecular weight excluding hydrogens is 524 g/mol. The third-order valence-electron chi connectivity index (χ3n) is 7.09. The van der Waals surface area contributed by atoms with Crippen molar-refractivity contribution in [2.75, 3.05) is 4.72 Å². The van der Waals surface area contributed by atoms with Gasteiger partial charge < -0.3 is 14.8 Å². The summed E-state index contributed by atoms with van der Waals surface area (Å²) in [7, 11) is -4.11. The first-order valence-electron chi connectivity index (χ1n) is 13.8. The lowest BCUT2D eigenvalue weighted by Gasteiger charge is -2.34. The minimum atomic E-state index is -4.11. The Balaban J connectivity index is 1.56. The number of hydrogen-bond acceptors (Lipinski definition) is 6. The topological polar surface area (TPSA) is 102 Å². The molecule has 7 nitrogen and oxygen atoms in total. The van der Waals surface area contributed by atoms with Gasteiger partial charge in [-0.1, -0.05) is 75.4 Å². The molecule has 4 rings (SSSR count). The molecule has 2 aliphatic heterocycles. The van der Waals surface area contributed by atoms with Crippen LogP contribution in [-0.4, -0.2) is 32.6 Å². The fraction of sp³-hybridized carbons (Fsp3) is 0.375. The van der Waals surface area contributed by atoms with Crippen LogP contribution in [0.4, 0.5) is 5.69 Å². The Morgan fingerprint density at radius 3 is 2.50 bits per heavy atom. The molecule has 2 aromatic rings. The van der Waals surface area contributed by atoms with Crippen molar-refractivity contribution in [2.45, 2.75) is 71.4 Å². The van der Waals surface area contributed by atoms with E-state index in [1.807, 2.05) is 30.4 Å². The summed E-state index contributed by atoms with van der Waals surface area (Å²) in [6.45, 7) is 5.69. The number of anilines is 1. The molecule has 2 heterocycles.